The molecule has 0 radical (unpaired) electrons. The molecule has 26 heavy (non-hydrogen) atoms. The highest BCUT2D eigenvalue weighted by Crippen LogP contribution is 2.18. The molecule has 0 heterocycles. The third kappa shape index (κ3) is 4.19. The van der Waals surface area contributed by atoms with E-state index in [2.05, 4.69) is 10.9 Å². The number of rotatable bonds is 4. The smallest absolute Gasteiger partial charge is 0.273 e. The number of hydrazine groups is 1. The first kappa shape index (κ1) is 19.4. The number of sulfonamides is 1. The van der Waals surface area contributed by atoms with Gasteiger partial charge >= 0.3 is 0 Å². The van der Waals surface area contributed by atoms with E-state index in [9.17, 15) is 23.1 Å². The zero-order valence-corrected chi connectivity index (χ0v) is 15.3. The number of carbonyl (C=O) groups excluding carboxylic acids is 2. The summed E-state index contributed by atoms with van der Waals surface area (Å²) in [6.45, 7) is 1.76. The second-order valence-electron chi connectivity index (χ2n) is 5.74. The minimum atomic E-state index is -3.68. The maximum Gasteiger partial charge on any atom is 0.273 e. The Bertz CT molecular complexity index is 955. The molecule has 0 atom stereocenters. The number of amides is 2. The topological polar surface area (TPSA) is 116 Å². The molecule has 2 aromatic rings. The second-order valence-corrected chi connectivity index (χ2v) is 7.90. The Morgan fingerprint density at radius 3 is 2.31 bits per heavy atom. The summed E-state index contributed by atoms with van der Waals surface area (Å²) in [6, 6.07) is 9.92. The van der Waals surface area contributed by atoms with E-state index < -0.39 is 21.8 Å². The van der Waals surface area contributed by atoms with Gasteiger partial charge in [0.25, 0.3) is 11.8 Å². The first-order valence-corrected chi connectivity index (χ1v) is 9.00. The molecule has 0 aliphatic carbocycles. The van der Waals surface area contributed by atoms with Crippen LogP contribution in [0.15, 0.2) is 47.4 Å². The Labute approximate surface area is 151 Å². The molecule has 0 saturated carbocycles. The van der Waals surface area contributed by atoms with E-state index in [0.717, 1.165) is 9.87 Å². The molecular formula is C17H19N3O5S. The Morgan fingerprint density at radius 1 is 1.00 bits per heavy atom. The van der Waals surface area contributed by atoms with E-state index in [1.165, 1.54) is 50.5 Å². The van der Waals surface area contributed by atoms with Crippen LogP contribution in [0.1, 0.15) is 26.3 Å². The molecule has 2 rings (SSSR count). The highest BCUT2D eigenvalue weighted by Gasteiger charge is 2.19. The maximum atomic E-state index is 12.2. The number of aromatic hydroxyl groups is 1. The van der Waals surface area contributed by atoms with Crippen molar-refractivity contribution in [2.45, 2.75) is 11.8 Å². The molecule has 0 aromatic heterocycles. The fourth-order valence-electron chi connectivity index (χ4n) is 2.09. The predicted molar refractivity (Wildman–Crippen MR) is 95.1 cm³/mol. The number of hydrogen-bond donors (Lipinski definition) is 3. The fraction of sp³-hybridized carbons (Fsp3) is 0.176. The number of nitrogens with zero attached hydrogens (tertiary/aromatic N) is 1. The van der Waals surface area contributed by atoms with Crippen LogP contribution < -0.4 is 10.9 Å². The summed E-state index contributed by atoms with van der Waals surface area (Å²) in [5.41, 5.74) is 5.21. The number of aryl methyl sites for hydroxylation is 1. The van der Waals surface area contributed by atoms with Gasteiger partial charge in [0.1, 0.15) is 5.75 Å². The van der Waals surface area contributed by atoms with E-state index in [1.54, 1.807) is 13.0 Å². The highest BCUT2D eigenvalue weighted by molar-refractivity contribution is 7.89. The lowest BCUT2D eigenvalue weighted by molar-refractivity contribution is 0.0845. The summed E-state index contributed by atoms with van der Waals surface area (Å²) in [7, 11) is -0.914. The first-order chi connectivity index (χ1) is 12.1. The molecular weight excluding hydrogens is 358 g/mol. The van der Waals surface area contributed by atoms with Crippen LogP contribution in [0.5, 0.6) is 5.75 Å². The van der Waals surface area contributed by atoms with Crippen molar-refractivity contribution in [1.82, 2.24) is 15.2 Å². The van der Waals surface area contributed by atoms with Crippen molar-refractivity contribution in [1.29, 1.82) is 0 Å². The van der Waals surface area contributed by atoms with Crippen LogP contribution in [0.2, 0.25) is 0 Å². The summed E-state index contributed by atoms with van der Waals surface area (Å²) in [5, 5.41) is 9.72. The van der Waals surface area contributed by atoms with Crippen molar-refractivity contribution < 1.29 is 23.1 Å². The van der Waals surface area contributed by atoms with Crippen molar-refractivity contribution in [2.24, 2.45) is 0 Å². The van der Waals surface area contributed by atoms with Crippen molar-refractivity contribution in [3.05, 3.63) is 59.2 Å². The van der Waals surface area contributed by atoms with Gasteiger partial charge in [0.15, 0.2) is 0 Å². The number of carbonyl (C=O) groups is 2. The van der Waals surface area contributed by atoms with Gasteiger partial charge in [-0.25, -0.2) is 12.7 Å². The van der Waals surface area contributed by atoms with Crippen LogP contribution in [0.3, 0.4) is 0 Å². The summed E-state index contributed by atoms with van der Waals surface area (Å²) in [6.07, 6.45) is 0. The molecule has 138 valence electrons. The van der Waals surface area contributed by atoms with Gasteiger partial charge in [0.05, 0.1) is 10.5 Å². The Hall–Kier alpha value is -2.91. The van der Waals surface area contributed by atoms with Crippen molar-refractivity contribution in [3.8, 4) is 5.75 Å². The van der Waals surface area contributed by atoms with Gasteiger partial charge in [0, 0.05) is 19.7 Å². The minimum absolute atomic E-state index is 0.00855. The third-order valence-electron chi connectivity index (χ3n) is 3.56. The van der Waals surface area contributed by atoms with Gasteiger partial charge in [-0.2, -0.15) is 0 Å². The van der Waals surface area contributed by atoms with Crippen LogP contribution >= 0.6 is 0 Å². The molecule has 0 unspecified atom stereocenters. The van der Waals surface area contributed by atoms with E-state index in [1.807, 2.05) is 0 Å². The van der Waals surface area contributed by atoms with Crippen LogP contribution in [0, 0.1) is 6.92 Å². The average molecular weight is 377 g/mol. The Kier molecular flexibility index (Phi) is 5.63. The van der Waals surface area contributed by atoms with Gasteiger partial charge in [-0.05, 0) is 37.3 Å². The number of phenols is 1. The molecule has 0 saturated heterocycles. The Balaban J connectivity index is 2.14. The molecule has 0 bridgehead atoms. The monoisotopic (exact) mass is 377 g/mol. The third-order valence-corrected chi connectivity index (χ3v) is 5.37. The summed E-state index contributed by atoms with van der Waals surface area (Å²) >= 11 is 0. The summed E-state index contributed by atoms with van der Waals surface area (Å²) < 4.78 is 25.3. The molecule has 9 heteroatoms. The van der Waals surface area contributed by atoms with Crippen molar-refractivity contribution in [2.75, 3.05) is 14.1 Å². The molecule has 8 nitrogen and oxygen atoms in total. The number of nitrogens with one attached hydrogen (secondary N) is 2. The zero-order chi connectivity index (χ0) is 19.5. The fourth-order valence-corrected chi connectivity index (χ4v) is 3.04. The largest absolute Gasteiger partial charge is 0.507 e. The van der Waals surface area contributed by atoms with Gasteiger partial charge in [-0.15, -0.1) is 0 Å². The zero-order valence-electron chi connectivity index (χ0n) is 14.5. The predicted octanol–water partition coefficient (Wildman–Crippen LogP) is 1.03. The Morgan fingerprint density at radius 2 is 1.65 bits per heavy atom. The second kappa shape index (κ2) is 7.54. The average Bonchev–Trinajstić information content (AvgIpc) is 2.61. The van der Waals surface area contributed by atoms with Crippen LogP contribution in [-0.4, -0.2) is 43.7 Å². The standard InChI is InChI=1S/C17H19N3O5S/c1-11-7-8-15(21)14(9-11)17(23)19-18-16(22)12-5-4-6-13(10-12)26(24,25)20(2)3/h4-10,21H,1-3H3,(H,18,22)(H,19,23). The van der Waals surface area contributed by atoms with Crippen LogP contribution in [0.4, 0.5) is 0 Å². The van der Waals surface area contributed by atoms with E-state index in [0.29, 0.717) is 0 Å². The van der Waals surface area contributed by atoms with E-state index in [4.69, 9.17) is 0 Å². The number of hydrogen-bond acceptors (Lipinski definition) is 5. The minimum Gasteiger partial charge on any atom is -0.507 e. The SMILES string of the molecule is Cc1ccc(O)c(C(=O)NNC(=O)c2cccc(S(=O)(=O)N(C)C)c2)c1. The van der Waals surface area contributed by atoms with E-state index >= 15 is 0 Å². The van der Waals surface area contributed by atoms with Gasteiger partial charge in [-0.3, -0.25) is 20.4 Å². The first-order valence-electron chi connectivity index (χ1n) is 7.56. The lowest BCUT2D eigenvalue weighted by atomic mass is 10.1. The molecule has 0 aliphatic heterocycles. The molecule has 2 amide bonds. The van der Waals surface area contributed by atoms with E-state index in [-0.39, 0.29) is 21.8 Å². The maximum absolute atomic E-state index is 12.2. The van der Waals surface area contributed by atoms with Gasteiger partial charge < -0.3 is 5.11 Å². The molecule has 2 aromatic carbocycles. The molecule has 0 spiro atoms. The number of benzene rings is 2. The number of phenolic OH excluding ortho intramolecular Hbond substituents is 1. The normalized spacial score (nSPS) is 11.2. The lowest BCUT2D eigenvalue weighted by Crippen LogP contribution is -2.41. The summed E-state index contributed by atoms with van der Waals surface area (Å²) in [5.74, 6) is -1.61. The van der Waals surface area contributed by atoms with Crippen molar-refractivity contribution in [3.63, 3.8) is 0 Å². The lowest BCUT2D eigenvalue weighted by Gasteiger charge is -2.13. The molecule has 0 aliphatic rings. The van der Waals surface area contributed by atoms with Gasteiger partial charge in [0.2, 0.25) is 10.0 Å². The highest BCUT2D eigenvalue weighted by atomic mass is 32.2. The molecule has 3 N–H and O–H groups in total. The quantitative estimate of drug-likeness (QED) is 0.688. The van der Waals surface area contributed by atoms with Gasteiger partial charge in [-0.1, -0.05) is 17.7 Å². The van der Waals surface area contributed by atoms with Crippen LogP contribution in [0.25, 0.3) is 0 Å². The molecule has 0 fully saturated rings. The summed E-state index contributed by atoms with van der Waals surface area (Å²) in [4.78, 5) is 24.2. The van der Waals surface area contributed by atoms with Crippen LogP contribution in [-0.2, 0) is 10.0 Å². The van der Waals surface area contributed by atoms with Crippen molar-refractivity contribution >= 4 is 21.8 Å².